The van der Waals surface area contributed by atoms with E-state index in [1.165, 1.54) is 16.7 Å². The molecule has 0 radical (unpaired) electrons. The van der Waals surface area contributed by atoms with Crippen LogP contribution in [0.5, 0.6) is 5.75 Å². The first kappa shape index (κ1) is 11.3. The standard InChI is InChI=1S/C17H18O/c1-11-9-12(2)17(16(18)10-11)15-8-7-13-5-3-4-6-14(13)15/h3-6,9-10,15,18H,7-8H2,1-2H3. The van der Waals surface area contributed by atoms with Gasteiger partial charge in [0.1, 0.15) is 5.75 Å². The Morgan fingerprint density at radius 2 is 1.89 bits per heavy atom. The highest BCUT2D eigenvalue weighted by atomic mass is 16.3. The summed E-state index contributed by atoms with van der Waals surface area (Å²) in [5.41, 5.74) is 6.27. The minimum absolute atomic E-state index is 0.363. The van der Waals surface area contributed by atoms with Crippen LogP contribution in [0.1, 0.15) is 40.2 Å². The number of hydrogen-bond acceptors (Lipinski definition) is 1. The molecule has 1 heteroatoms. The van der Waals surface area contributed by atoms with E-state index in [0.717, 1.165) is 24.0 Å². The monoisotopic (exact) mass is 238 g/mol. The lowest BCUT2D eigenvalue weighted by atomic mass is 9.88. The van der Waals surface area contributed by atoms with Crippen LogP contribution in [0, 0.1) is 13.8 Å². The Morgan fingerprint density at radius 1 is 1.11 bits per heavy atom. The number of aryl methyl sites for hydroxylation is 3. The summed E-state index contributed by atoms with van der Waals surface area (Å²) >= 11 is 0. The molecule has 0 fully saturated rings. The fourth-order valence-electron chi connectivity index (χ4n) is 3.27. The summed E-state index contributed by atoms with van der Waals surface area (Å²) in [7, 11) is 0. The summed E-state index contributed by atoms with van der Waals surface area (Å²) in [4.78, 5) is 0. The van der Waals surface area contributed by atoms with Gasteiger partial charge in [-0.05, 0) is 55.0 Å². The lowest BCUT2D eigenvalue weighted by molar-refractivity contribution is 0.463. The van der Waals surface area contributed by atoms with Gasteiger partial charge in [-0.2, -0.15) is 0 Å². The Hall–Kier alpha value is -1.76. The van der Waals surface area contributed by atoms with Crippen molar-refractivity contribution in [3.63, 3.8) is 0 Å². The minimum Gasteiger partial charge on any atom is -0.508 e. The molecule has 1 atom stereocenters. The number of rotatable bonds is 1. The first-order valence-corrected chi connectivity index (χ1v) is 6.54. The summed E-state index contributed by atoms with van der Waals surface area (Å²) in [6.45, 7) is 4.13. The van der Waals surface area contributed by atoms with Crippen LogP contribution in [0.25, 0.3) is 0 Å². The fourth-order valence-corrected chi connectivity index (χ4v) is 3.27. The molecule has 2 aromatic rings. The number of hydrogen-bond donors (Lipinski definition) is 1. The van der Waals surface area contributed by atoms with Crippen molar-refractivity contribution in [1.29, 1.82) is 0 Å². The molecule has 1 N–H and O–H groups in total. The highest BCUT2D eigenvalue weighted by molar-refractivity contribution is 5.51. The van der Waals surface area contributed by atoms with E-state index < -0.39 is 0 Å². The molecule has 0 heterocycles. The number of benzene rings is 2. The smallest absolute Gasteiger partial charge is 0.119 e. The second kappa shape index (κ2) is 4.16. The van der Waals surface area contributed by atoms with Gasteiger partial charge < -0.3 is 5.11 Å². The molecule has 1 nitrogen and oxygen atoms in total. The van der Waals surface area contributed by atoms with E-state index in [9.17, 15) is 5.11 Å². The minimum atomic E-state index is 0.363. The van der Waals surface area contributed by atoms with Crippen molar-refractivity contribution in [2.75, 3.05) is 0 Å². The lowest BCUT2D eigenvalue weighted by Crippen LogP contribution is -2.00. The van der Waals surface area contributed by atoms with E-state index in [1.807, 2.05) is 13.0 Å². The molecule has 0 saturated carbocycles. The van der Waals surface area contributed by atoms with E-state index in [4.69, 9.17) is 0 Å². The number of phenols is 1. The molecule has 0 aliphatic heterocycles. The number of fused-ring (bicyclic) bond motifs is 1. The van der Waals surface area contributed by atoms with Crippen molar-refractivity contribution >= 4 is 0 Å². The highest BCUT2D eigenvalue weighted by Gasteiger charge is 2.26. The topological polar surface area (TPSA) is 20.2 Å². The molecule has 0 amide bonds. The van der Waals surface area contributed by atoms with E-state index in [-0.39, 0.29) is 0 Å². The van der Waals surface area contributed by atoms with Gasteiger partial charge in [0.05, 0.1) is 0 Å². The van der Waals surface area contributed by atoms with Crippen molar-refractivity contribution in [3.05, 3.63) is 64.2 Å². The van der Waals surface area contributed by atoms with Crippen molar-refractivity contribution in [3.8, 4) is 5.75 Å². The molecule has 2 aromatic carbocycles. The Morgan fingerprint density at radius 3 is 2.67 bits per heavy atom. The van der Waals surface area contributed by atoms with Crippen LogP contribution >= 0.6 is 0 Å². The molecule has 1 aliphatic carbocycles. The number of aromatic hydroxyl groups is 1. The molecule has 0 saturated heterocycles. The van der Waals surface area contributed by atoms with E-state index in [0.29, 0.717) is 11.7 Å². The summed E-state index contributed by atoms with van der Waals surface area (Å²) in [6, 6.07) is 12.6. The zero-order valence-corrected chi connectivity index (χ0v) is 10.9. The van der Waals surface area contributed by atoms with Gasteiger partial charge in [-0.25, -0.2) is 0 Å². The predicted octanol–water partition coefficient (Wildman–Crippen LogP) is 4.09. The summed E-state index contributed by atoms with van der Waals surface area (Å²) in [5, 5.41) is 10.3. The molecule has 18 heavy (non-hydrogen) atoms. The third-order valence-corrected chi connectivity index (χ3v) is 3.99. The quantitative estimate of drug-likeness (QED) is 0.793. The Balaban J connectivity index is 2.13. The van der Waals surface area contributed by atoms with Crippen molar-refractivity contribution < 1.29 is 5.11 Å². The van der Waals surface area contributed by atoms with Crippen LogP contribution in [0.3, 0.4) is 0 Å². The van der Waals surface area contributed by atoms with E-state index in [1.54, 1.807) is 0 Å². The van der Waals surface area contributed by atoms with Gasteiger partial charge >= 0.3 is 0 Å². The largest absolute Gasteiger partial charge is 0.508 e. The summed E-state index contributed by atoms with van der Waals surface area (Å²) < 4.78 is 0. The second-order valence-electron chi connectivity index (χ2n) is 5.30. The number of phenolic OH excluding ortho intramolecular Hbond substituents is 1. The normalized spacial score (nSPS) is 17.8. The average molecular weight is 238 g/mol. The summed E-state index contributed by atoms with van der Waals surface area (Å²) in [6.07, 6.45) is 2.23. The molecular weight excluding hydrogens is 220 g/mol. The maximum Gasteiger partial charge on any atom is 0.119 e. The molecule has 1 aliphatic rings. The molecule has 92 valence electrons. The zero-order chi connectivity index (χ0) is 12.7. The van der Waals surface area contributed by atoms with Gasteiger partial charge in [-0.1, -0.05) is 30.3 Å². The molecule has 3 rings (SSSR count). The van der Waals surface area contributed by atoms with Gasteiger partial charge in [0.25, 0.3) is 0 Å². The first-order valence-electron chi connectivity index (χ1n) is 6.54. The fraction of sp³-hybridized carbons (Fsp3) is 0.294. The Labute approximate surface area is 108 Å². The summed E-state index contributed by atoms with van der Waals surface area (Å²) in [5.74, 6) is 0.816. The second-order valence-corrected chi connectivity index (χ2v) is 5.30. The van der Waals surface area contributed by atoms with Crippen LogP contribution < -0.4 is 0 Å². The molecule has 0 bridgehead atoms. The van der Waals surface area contributed by atoms with E-state index in [2.05, 4.69) is 37.3 Å². The maximum atomic E-state index is 10.3. The van der Waals surface area contributed by atoms with Crippen molar-refractivity contribution in [2.24, 2.45) is 0 Å². The Bertz CT molecular complexity index is 575. The van der Waals surface area contributed by atoms with Gasteiger partial charge in [0.2, 0.25) is 0 Å². The lowest BCUT2D eigenvalue weighted by Gasteiger charge is -2.17. The van der Waals surface area contributed by atoms with Gasteiger partial charge in [0.15, 0.2) is 0 Å². The molecular formula is C17H18O. The third-order valence-electron chi connectivity index (χ3n) is 3.99. The first-order chi connectivity index (χ1) is 8.66. The van der Waals surface area contributed by atoms with Gasteiger partial charge in [-0.3, -0.25) is 0 Å². The SMILES string of the molecule is Cc1cc(C)c(C2CCc3ccccc32)c(O)c1. The van der Waals surface area contributed by atoms with Gasteiger partial charge in [-0.15, -0.1) is 0 Å². The van der Waals surface area contributed by atoms with Crippen LogP contribution in [0.4, 0.5) is 0 Å². The van der Waals surface area contributed by atoms with Crippen LogP contribution in [-0.2, 0) is 6.42 Å². The van der Waals surface area contributed by atoms with Gasteiger partial charge in [0, 0.05) is 11.5 Å². The van der Waals surface area contributed by atoms with Crippen molar-refractivity contribution in [1.82, 2.24) is 0 Å². The highest BCUT2D eigenvalue weighted by Crippen LogP contribution is 2.42. The third kappa shape index (κ3) is 1.71. The molecule has 0 spiro atoms. The average Bonchev–Trinajstić information content (AvgIpc) is 2.72. The van der Waals surface area contributed by atoms with Crippen LogP contribution in [0.2, 0.25) is 0 Å². The predicted molar refractivity (Wildman–Crippen MR) is 74.2 cm³/mol. The van der Waals surface area contributed by atoms with Crippen molar-refractivity contribution in [2.45, 2.75) is 32.6 Å². The van der Waals surface area contributed by atoms with Crippen LogP contribution in [-0.4, -0.2) is 5.11 Å². The maximum absolute atomic E-state index is 10.3. The van der Waals surface area contributed by atoms with E-state index >= 15 is 0 Å². The molecule has 1 unspecified atom stereocenters. The Kier molecular flexibility index (Phi) is 2.62. The zero-order valence-electron chi connectivity index (χ0n) is 10.9. The molecule has 0 aromatic heterocycles. The van der Waals surface area contributed by atoms with Crippen LogP contribution in [0.15, 0.2) is 36.4 Å².